The highest BCUT2D eigenvalue weighted by Gasteiger charge is 1.96. The fourth-order valence-electron chi connectivity index (χ4n) is 1.42. The summed E-state index contributed by atoms with van der Waals surface area (Å²) in [4.78, 5) is 4.12. The standard InChI is InChI=1S/C13H14N2O2/c1-17-13-7-2-10(9-15-13)8-14-11-3-5-12(16)6-4-11/h2-7,9,14,16H,8H2,1H3. The Labute approximate surface area is 99.9 Å². The van der Waals surface area contributed by atoms with E-state index in [4.69, 9.17) is 9.84 Å². The Bertz CT molecular complexity index is 466. The molecule has 0 radical (unpaired) electrons. The molecule has 0 saturated heterocycles. The van der Waals surface area contributed by atoms with E-state index >= 15 is 0 Å². The monoisotopic (exact) mass is 230 g/mol. The van der Waals surface area contributed by atoms with Crippen LogP contribution in [-0.2, 0) is 6.54 Å². The van der Waals surface area contributed by atoms with Crippen LogP contribution in [0.3, 0.4) is 0 Å². The van der Waals surface area contributed by atoms with Gasteiger partial charge in [0.2, 0.25) is 5.88 Å². The number of pyridine rings is 1. The van der Waals surface area contributed by atoms with Crippen molar-refractivity contribution in [2.45, 2.75) is 6.54 Å². The first-order valence-corrected chi connectivity index (χ1v) is 5.30. The second-order valence-corrected chi connectivity index (χ2v) is 3.61. The van der Waals surface area contributed by atoms with Crippen molar-refractivity contribution in [2.24, 2.45) is 0 Å². The van der Waals surface area contributed by atoms with Crippen molar-refractivity contribution in [3.05, 3.63) is 48.2 Å². The Hall–Kier alpha value is -2.23. The quantitative estimate of drug-likeness (QED) is 0.792. The molecule has 0 bridgehead atoms. The number of hydrogen-bond donors (Lipinski definition) is 2. The number of methoxy groups -OCH3 is 1. The Morgan fingerprint density at radius 2 is 1.94 bits per heavy atom. The molecule has 2 rings (SSSR count). The number of nitrogens with zero attached hydrogens (tertiary/aromatic N) is 1. The zero-order valence-corrected chi connectivity index (χ0v) is 9.55. The number of hydrogen-bond acceptors (Lipinski definition) is 4. The summed E-state index contributed by atoms with van der Waals surface area (Å²) in [5, 5.41) is 12.4. The highest BCUT2D eigenvalue weighted by molar-refractivity contribution is 5.46. The zero-order valence-electron chi connectivity index (χ0n) is 9.55. The predicted molar refractivity (Wildman–Crippen MR) is 66.2 cm³/mol. The van der Waals surface area contributed by atoms with Crippen LogP contribution in [0, 0.1) is 0 Å². The van der Waals surface area contributed by atoms with E-state index in [1.54, 1.807) is 25.4 Å². The predicted octanol–water partition coefficient (Wildman–Crippen LogP) is 2.41. The van der Waals surface area contributed by atoms with Crippen molar-refractivity contribution in [3.63, 3.8) is 0 Å². The number of phenols is 1. The number of aromatic hydroxyl groups is 1. The molecule has 0 aliphatic rings. The summed E-state index contributed by atoms with van der Waals surface area (Å²) in [5.74, 6) is 0.875. The van der Waals surface area contributed by atoms with E-state index in [-0.39, 0.29) is 5.75 Å². The van der Waals surface area contributed by atoms with E-state index in [1.165, 1.54) is 0 Å². The van der Waals surface area contributed by atoms with Crippen molar-refractivity contribution in [1.82, 2.24) is 4.98 Å². The number of benzene rings is 1. The molecule has 1 heterocycles. The smallest absolute Gasteiger partial charge is 0.212 e. The molecule has 0 atom stereocenters. The topological polar surface area (TPSA) is 54.4 Å². The lowest BCUT2D eigenvalue weighted by Gasteiger charge is -2.06. The van der Waals surface area contributed by atoms with Gasteiger partial charge in [0.25, 0.3) is 0 Å². The lowest BCUT2D eigenvalue weighted by atomic mass is 10.2. The minimum atomic E-state index is 0.265. The number of anilines is 1. The zero-order chi connectivity index (χ0) is 12.1. The van der Waals surface area contributed by atoms with Crippen LogP contribution >= 0.6 is 0 Å². The van der Waals surface area contributed by atoms with Gasteiger partial charge in [-0.15, -0.1) is 0 Å². The Kier molecular flexibility index (Phi) is 3.45. The molecule has 0 spiro atoms. The molecule has 0 amide bonds. The normalized spacial score (nSPS) is 9.94. The Balaban J connectivity index is 1.95. The molecule has 4 nitrogen and oxygen atoms in total. The van der Waals surface area contributed by atoms with Crippen molar-refractivity contribution < 1.29 is 9.84 Å². The van der Waals surface area contributed by atoms with Crippen molar-refractivity contribution in [2.75, 3.05) is 12.4 Å². The number of rotatable bonds is 4. The van der Waals surface area contributed by atoms with Crippen molar-refractivity contribution in [3.8, 4) is 11.6 Å². The van der Waals surface area contributed by atoms with Crippen LogP contribution in [-0.4, -0.2) is 17.2 Å². The van der Waals surface area contributed by atoms with Crippen LogP contribution in [0.4, 0.5) is 5.69 Å². The molecule has 17 heavy (non-hydrogen) atoms. The fraction of sp³-hybridized carbons (Fsp3) is 0.154. The first kappa shape index (κ1) is 11.3. The average molecular weight is 230 g/mol. The first-order chi connectivity index (χ1) is 8.28. The molecule has 2 aromatic rings. The van der Waals surface area contributed by atoms with Gasteiger partial charge in [0, 0.05) is 24.5 Å². The van der Waals surface area contributed by atoms with Crippen molar-refractivity contribution >= 4 is 5.69 Å². The minimum absolute atomic E-state index is 0.265. The third-order valence-electron chi connectivity index (χ3n) is 2.37. The van der Waals surface area contributed by atoms with Gasteiger partial charge in [0.05, 0.1) is 7.11 Å². The molecule has 1 aromatic carbocycles. The first-order valence-electron chi connectivity index (χ1n) is 5.30. The molecule has 0 aliphatic carbocycles. The molecule has 4 heteroatoms. The van der Waals surface area contributed by atoms with E-state index < -0.39 is 0 Å². The molecular weight excluding hydrogens is 216 g/mol. The molecule has 0 aliphatic heterocycles. The van der Waals surface area contributed by atoms with Gasteiger partial charge in [-0.1, -0.05) is 6.07 Å². The van der Waals surface area contributed by atoms with Crippen LogP contribution < -0.4 is 10.1 Å². The van der Waals surface area contributed by atoms with Crippen LogP contribution in [0.5, 0.6) is 11.6 Å². The second kappa shape index (κ2) is 5.21. The summed E-state index contributed by atoms with van der Waals surface area (Å²) in [6, 6.07) is 10.7. The summed E-state index contributed by atoms with van der Waals surface area (Å²) in [7, 11) is 1.59. The maximum Gasteiger partial charge on any atom is 0.212 e. The largest absolute Gasteiger partial charge is 0.508 e. The molecule has 0 fully saturated rings. The second-order valence-electron chi connectivity index (χ2n) is 3.61. The van der Waals surface area contributed by atoms with Crippen LogP contribution in [0.1, 0.15) is 5.56 Å². The summed E-state index contributed by atoms with van der Waals surface area (Å²) < 4.78 is 4.99. The van der Waals surface area contributed by atoms with Gasteiger partial charge < -0.3 is 15.2 Å². The lowest BCUT2D eigenvalue weighted by Crippen LogP contribution is -1.99. The van der Waals surface area contributed by atoms with Gasteiger partial charge in [-0.05, 0) is 29.8 Å². The van der Waals surface area contributed by atoms with Gasteiger partial charge in [-0.2, -0.15) is 0 Å². The van der Waals surface area contributed by atoms with E-state index in [2.05, 4.69) is 10.3 Å². The van der Waals surface area contributed by atoms with Crippen LogP contribution in [0.2, 0.25) is 0 Å². The highest BCUT2D eigenvalue weighted by Crippen LogP contribution is 2.15. The number of phenolic OH excluding ortho intramolecular Hbond substituents is 1. The molecule has 0 unspecified atom stereocenters. The number of nitrogens with one attached hydrogen (secondary N) is 1. The third-order valence-corrected chi connectivity index (χ3v) is 2.37. The van der Waals surface area contributed by atoms with Gasteiger partial charge in [-0.3, -0.25) is 0 Å². The van der Waals surface area contributed by atoms with Gasteiger partial charge in [0.15, 0.2) is 0 Å². The molecule has 2 N–H and O–H groups in total. The minimum Gasteiger partial charge on any atom is -0.508 e. The van der Waals surface area contributed by atoms with E-state index in [0.717, 1.165) is 11.3 Å². The average Bonchev–Trinajstić information content (AvgIpc) is 2.39. The maximum atomic E-state index is 9.15. The Morgan fingerprint density at radius 1 is 1.18 bits per heavy atom. The molecule has 1 aromatic heterocycles. The van der Waals surface area contributed by atoms with E-state index in [9.17, 15) is 0 Å². The van der Waals surface area contributed by atoms with Gasteiger partial charge in [-0.25, -0.2) is 4.98 Å². The summed E-state index contributed by atoms with van der Waals surface area (Å²) in [6.45, 7) is 0.682. The Morgan fingerprint density at radius 3 is 2.53 bits per heavy atom. The maximum absolute atomic E-state index is 9.15. The summed E-state index contributed by atoms with van der Waals surface area (Å²) >= 11 is 0. The fourth-order valence-corrected chi connectivity index (χ4v) is 1.42. The summed E-state index contributed by atoms with van der Waals surface area (Å²) in [6.07, 6.45) is 1.77. The van der Waals surface area contributed by atoms with Gasteiger partial charge >= 0.3 is 0 Å². The highest BCUT2D eigenvalue weighted by atomic mass is 16.5. The molecule has 0 saturated carbocycles. The van der Waals surface area contributed by atoms with E-state index in [1.807, 2.05) is 24.3 Å². The van der Waals surface area contributed by atoms with Crippen LogP contribution in [0.15, 0.2) is 42.6 Å². The number of ether oxygens (including phenoxy) is 1. The van der Waals surface area contributed by atoms with Gasteiger partial charge in [0.1, 0.15) is 5.75 Å². The van der Waals surface area contributed by atoms with E-state index in [0.29, 0.717) is 12.4 Å². The third kappa shape index (κ3) is 3.11. The summed E-state index contributed by atoms with van der Waals surface area (Å²) in [5.41, 5.74) is 2.03. The SMILES string of the molecule is COc1ccc(CNc2ccc(O)cc2)cn1. The molecule has 88 valence electrons. The van der Waals surface area contributed by atoms with Crippen LogP contribution in [0.25, 0.3) is 0 Å². The van der Waals surface area contributed by atoms with Crippen molar-refractivity contribution in [1.29, 1.82) is 0 Å². The number of aromatic nitrogens is 1. The lowest BCUT2D eigenvalue weighted by molar-refractivity contribution is 0.397. The molecular formula is C13H14N2O2.